The summed E-state index contributed by atoms with van der Waals surface area (Å²) in [6, 6.07) is 5.71. The normalized spacial score (nSPS) is 15.4. The fourth-order valence-corrected chi connectivity index (χ4v) is 5.91. The Hall–Kier alpha value is -2.66. The molecule has 0 aliphatic carbocycles. The lowest BCUT2D eigenvalue weighted by atomic mass is 10.0. The Bertz CT molecular complexity index is 1160. The third-order valence-electron chi connectivity index (χ3n) is 6.72. The number of aromatic nitrogens is 3. The second kappa shape index (κ2) is 12.7. The fraction of sp³-hybridized carbons (Fsp3) is 0.440. The molecule has 1 unspecified atom stereocenters. The number of thiophene rings is 1. The molecule has 1 fully saturated rings. The van der Waals surface area contributed by atoms with Crippen LogP contribution in [0.15, 0.2) is 35.2 Å². The minimum Gasteiger partial charge on any atom is -0.352 e. The van der Waals surface area contributed by atoms with Gasteiger partial charge in [0.25, 0.3) is 5.91 Å². The van der Waals surface area contributed by atoms with Gasteiger partial charge in [0.1, 0.15) is 16.1 Å². The summed E-state index contributed by atoms with van der Waals surface area (Å²) >= 11 is 13.7. The van der Waals surface area contributed by atoms with Crippen LogP contribution in [0.2, 0.25) is 10.3 Å². The summed E-state index contributed by atoms with van der Waals surface area (Å²) < 4.78 is 0. The van der Waals surface area contributed by atoms with E-state index in [0.29, 0.717) is 30.0 Å². The number of hydrogen-bond donors (Lipinski definition) is 3. The van der Waals surface area contributed by atoms with Crippen LogP contribution in [0, 0.1) is 6.92 Å². The quantitative estimate of drug-likeness (QED) is 0.310. The molecule has 0 aromatic carbocycles. The molecule has 1 aliphatic heterocycles. The summed E-state index contributed by atoms with van der Waals surface area (Å²) in [5.74, 6) is 0.337. The maximum atomic E-state index is 13.1. The van der Waals surface area contributed by atoms with Crippen molar-refractivity contribution in [3.63, 3.8) is 0 Å². The van der Waals surface area contributed by atoms with E-state index in [1.54, 1.807) is 36.6 Å². The Balaban J connectivity index is 1.28. The highest BCUT2D eigenvalue weighted by Gasteiger charge is 2.30. The summed E-state index contributed by atoms with van der Waals surface area (Å²) in [5, 5.41) is 17.1. The van der Waals surface area contributed by atoms with Gasteiger partial charge in [-0.25, -0.2) is 9.78 Å². The lowest BCUT2D eigenvalue weighted by molar-refractivity contribution is 0.0919. The predicted molar refractivity (Wildman–Crippen MR) is 147 cm³/mol. The number of aromatic amines is 1. The van der Waals surface area contributed by atoms with Gasteiger partial charge >= 0.3 is 6.03 Å². The first-order chi connectivity index (χ1) is 17.8. The lowest BCUT2D eigenvalue weighted by Crippen LogP contribution is -2.50. The molecule has 1 atom stereocenters. The SMILES string of the molecule is Cc1cc(Cl)nc(Cl)c1C(=O)NCCC(C)N1CCC(N(Cc2ccsc2)C(=O)Nc2ccn[nH]2)CC1. The van der Waals surface area contributed by atoms with Crippen molar-refractivity contribution in [1.82, 2.24) is 30.3 Å². The number of rotatable bonds is 9. The summed E-state index contributed by atoms with van der Waals surface area (Å²) in [6.45, 7) is 6.81. The molecule has 4 rings (SSSR count). The Labute approximate surface area is 230 Å². The number of carbonyl (C=O) groups excluding carboxylic acids is 2. The molecule has 1 aliphatic rings. The Kier molecular flexibility index (Phi) is 9.42. The van der Waals surface area contributed by atoms with E-state index < -0.39 is 0 Å². The third-order valence-corrected chi connectivity index (χ3v) is 7.91. The zero-order chi connectivity index (χ0) is 26.4. The Morgan fingerprint density at radius 1 is 1.30 bits per heavy atom. The fourth-order valence-electron chi connectivity index (χ4n) is 4.63. The molecule has 3 amide bonds. The number of carbonyl (C=O) groups is 2. The van der Waals surface area contributed by atoms with Gasteiger partial charge in [-0.3, -0.25) is 15.2 Å². The van der Waals surface area contributed by atoms with Gasteiger partial charge in [-0.1, -0.05) is 23.2 Å². The molecule has 9 nitrogen and oxygen atoms in total. The molecule has 198 valence electrons. The second-order valence-corrected chi connectivity index (χ2v) is 10.8. The van der Waals surface area contributed by atoms with E-state index in [2.05, 4.69) is 49.1 Å². The van der Waals surface area contributed by atoms with E-state index >= 15 is 0 Å². The van der Waals surface area contributed by atoms with Crippen LogP contribution in [-0.4, -0.2) is 68.6 Å². The smallest absolute Gasteiger partial charge is 0.323 e. The highest BCUT2D eigenvalue weighted by atomic mass is 35.5. The zero-order valence-corrected chi connectivity index (χ0v) is 23.2. The van der Waals surface area contributed by atoms with E-state index in [9.17, 15) is 9.59 Å². The van der Waals surface area contributed by atoms with Crippen LogP contribution in [0.1, 0.15) is 47.7 Å². The van der Waals surface area contributed by atoms with Crippen molar-refractivity contribution in [2.45, 2.75) is 51.7 Å². The van der Waals surface area contributed by atoms with Crippen LogP contribution in [0.25, 0.3) is 0 Å². The molecule has 0 saturated carbocycles. The maximum absolute atomic E-state index is 13.1. The van der Waals surface area contributed by atoms with Gasteiger partial charge in [-0.2, -0.15) is 16.4 Å². The first kappa shape index (κ1) is 27.4. The van der Waals surface area contributed by atoms with E-state index in [4.69, 9.17) is 23.2 Å². The number of nitrogens with one attached hydrogen (secondary N) is 3. The van der Waals surface area contributed by atoms with Gasteiger partial charge in [0.2, 0.25) is 0 Å². The van der Waals surface area contributed by atoms with Crippen LogP contribution in [-0.2, 0) is 6.54 Å². The number of pyridine rings is 1. The molecule has 37 heavy (non-hydrogen) atoms. The molecule has 12 heteroatoms. The molecule has 3 aromatic rings. The summed E-state index contributed by atoms with van der Waals surface area (Å²) in [4.78, 5) is 34.1. The first-order valence-corrected chi connectivity index (χ1v) is 13.9. The number of nitrogens with zero attached hydrogens (tertiary/aromatic N) is 4. The highest BCUT2D eigenvalue weighted by Crippen LogP contribution is 2.24. The molecule has 0 radical (unpaired) electrons. The van der Waals surface area contributed by atoms with Crippen LogP contribution < -0.4 is 10.6 Å². The van der Waals surface area contributed by atoms with Gasteiger partial charge in [0.05, 0.1) is 11.8 Å². The van der Waals surface area contributed by atoms with Gasteiger partial charge in [-0.15, -0.1) is 0 Å². The molecular formula is C25H31Cl2N7O2S. The van der Waals surface area contributed by atoms with Crippen LogP contribution >= 0.6 is 34.5 Å². The number of aryl methyl sites for hydroxylation is 1. The van der Waals surface area contributed by atoms with Crippen molar-refractivity contribution < 1.29 is 9.59 Å². The predicted octanol–water partition coefficient (Wildman–Crippen LogP) is 5.19. The number of anilines is 1. The van der Waals surface area contributed by atoms with Crippen LogP contribution in [0.3, 0.4) is 0 Å². The minimum atomic E-state index is -0.245. The van der Waals surface area contributed by atoms with Crippen molar-refractivity contribution >= 4 is 52.3 Å². The van der Waals surface area contributed by atoms with Gasteiger partial charge in [0, 0.05) is 44.3 Å². The highest BCUT2D eigenvalue weighted by molar-refractivity contribution is 7.07. The zero-order valence-electron chi connectivity index (χ0n) is 20.8. The van der Waals surface area contributed by atoms with Crippen molar-refractivity contribution in [3.8, 4) is 0 Å². The molecule has 4 heterocycles. The number of halogens is 2. The Morgan fingerprint density at radius 3 is 2.73 bits per heavy atom. The molecule has 0 bridgehead atoms. The van der Waals surface area contributed by atoms with Gasteiger partial charge < -0.3 is 15.1 Å². The number of hydrogen-bond acceptors (Lipinski definition) is 6. The minimum absolute atomic E-state index is 0.112. The van der Waals surface area contributed by atoms with Crippen LogP contribution in [0.5, 0.6) is 0 Å². The number of amides is 3. The average Bonchev–Trinajstić information content (AvgIpc) is 3.56. The standard InChI is InChI=1S/C25H31Cl2N7O2S/c1-16-13-20(26)30-23(27)22(16)24(35)28-8-3-17(2)33-10-5-19(6-11-33)34(14-18-7-12-37-15-18)25(36)31-21-4-9-29-32-21/h4,7,9,12-13,15,17,19H,3,5-6,8,10-11,14H2,1-2H3,(H,28,35)(H2,29,31,32,36). The molecule has 0 spiro atoms. The molecule has 1 saturated heterocycles. The Morgan fingerprint density at radius 2 is 2.08 bits per heavy atom. The van der Waals surface area contributed by atoms with Gasteiger partial charge in [-0.05, 0) is 67.1 Å². The maximum Gasteiger partial charge on any atom is 0.323 e. The van der Waals surface area contributed by atoms with Crippen molar-refractivity contribution in [3.05, 3.63) is 62.2 Å². The molecule has 3 N–H and O–H groups in total. The number of likely N-dealkylation sites (tertiary alicyclic amines) is 1. The van der Waals surface area contributed by atoms with E-state index in [0.717, 1.165) is 37.9 Å². The van der Waals surface area contributed by atoms with Crippen molar-refractivity contribution in [2.24, 2.45) is 0 Å². The largest absolute Gasteiger partial charge is 0.352 e. The lowest BCUT2D eigenvalue weighted by Gasteiger charge is -2.40. The molecular weight excluding hydrogens is 533 g/mol. The third kappa shape index (κ3) is 7.22. The average molecular weight is 565 g/mol. The molecule has 3 aromatic heterocycles. The summed E-state index contributed by atoms with van der Waals surface area (Å²) in [6.07, 6.45) is 4.17. The topological polar surface area (TPSA) is 106 Å². The number of urea groups is 1. The van der Waals surface area contributed by atoms with Crippen LogP contribution in [0.4, 0.5) is 10.6 Å². The van der Waals surface area contributed by atoms with E-state index in [-0.39, 0.29) is 34.3 Å². The number of piperidine rings is 1. The number of H-pyrrole nitrogens is 1. The van der Waals surface area contributed by atoms with E-state index in [1.807, 2.05) is 10.3 Å². The van der Waals surface area contributed by atoms with Crippen molar-refractivity contribution in [1.29, 1.82) is 0 Å². The van der Waals surface area contributed by atoms with E-state index in [1.165, 1.54) is 0 Å². The first-order valence-electron chi connectivity index (χ1n) is 12.2. The van der Waals surface area contributed by atoms with Crippen molar-refractivity contribution in [2.75, 3.05) is 25.0 Å². The second-order valence-electron chi connectivity index (χ2n) is 9.25. The van der Waals surface area contributed by atoms with Gasteiger partial charge in [0.15, 0.2) is 0 Å². The summed E-state index contributed by atoms with van der Waals surface area (Å²) in [5.41, 5.74) is 2.18. The summed E-state index contributed by atoms with van der Waals surface area (Å²) in [7, 11) is 0. The monoisotopic (exact) mass is 563 g/mol.